The molecule has 0 aliphatic carbocycles. The van der Waals surface area contributed by atoms with Crippen LogP contribution in [0.2, 0.25) is 0 Å². The number of nitrogens with one attached hydrogen (secondary N) is 1. The molecule has 1 aliphatic heterocycles. The number of esters is 2. The molecule has 0 unspecified atom stereocenters. The molecule has 0 bridgehead atoms. The van der Waals surface area contributed by atoms with E-state index in [4.69, 9.17) is 23.7 Å². The molecule has 1 fully saturated rings. The van der Waals surface area contributed by atoms with Crippen molar-refractivity contribution in [3.8, 4) is 0 Å². The zero-order valence-electron chi connectivity index (χ0n) is 16.6. The van der Waals surface area contributed by atoms with Crippen molar-refractivity contribution in [1.29, 1.82) is 0 Å². The summed E-state index contributed by atoms with van der Waals surface area (Å²) in [6.07, 6.45) is -2.59. The molecule has 0 radical (unpaired) electrons. The summed E-state index contributed by atoms with van der Waals surface area (Å²) < 4.78 is 29.0. The van der Waals surface area contributed by atoms with Gasteiger partial charge in [-0.2, -0.15) is 0 Å². The number of ether oxygens (including phenoxy) is 5. The smallest absolute Gasteiger partial charge is 0.330 e. The van der Waals surface area contributed by atoms with E-state index < -0.39 is 53.5 Å². The second kappa shape index (κ2) is 9.36. The number of carbonyl (C=O) groups is 2. The first kappa shape index (κ1) is 23.5. The zero-order valence-corrected chi connectivity index (χ0v) is 18.8. The Balaban J connectivity index is 2.46. The topological polar surface area (TPSA) is 135 Å². The lowest BCUT2D eigenvalue weighted by Crippen LogP contribution is -2.49. The highest BCUT2D eigenvalue weighted by atomic mass is 127. The summed E-state index contributed by atoms with van der Waals surface area (Å²) in [5.41, 5.74) is -1.23. The molecule has 0 amide bonds. The van der Waals surface area contributed by atoms with Crippen LogP contribution in [-0.4, -0.2) is 59.3 Å². The van der Waals surface area contributed by atoms with Crippen molar-refractivity contribution in [2.75, 3.05) is 13.7 Å². The molecule has 29 heavy (non-hydrogen) atoms. The van der Waals surface area contributed by atoms with Gasteiger partial charge in [0.2, 0.25) is 0 Å². The number of methoxy groups -OCH3 is 1. The fourth-order valence-electron chi connectivity index (χ4n) is 2.97. The van der Waals surface area contributed by atoms with Gasteiger partial charge in [0.25, 0.3) is 5.56 Å². The molecule has 0 saturated carbocycles. The summed E-state index contributed by atoms with van der Waals surface area (Å²) in [5, 5.41) is 0. The molecule has 1 aliphatic rings. The van der Waals surface area contributed by atoms with Gasteiger partial charge in [-0.25, -0.2) is 4.79 Å². The molecule has 0 aromatic carbocycles. The average molecular weight is 526 g/mol. The molecule has 162 valence electrons. The van der Waals surface area contributed by atoms with Crippen LogP contribution in [0.3, 0.4) is 0 Å². The lowest BCUT2D eigenvalue weighted by Gasteiger charge is -2.31. The maximum Gasteiger partial charge on any atom is 0.330 e. The van der Waals surface area contributed by atoms with Gasteiger partial charge in [-0.1, -0.05) is 0 Å². The van der Waals surface area contributed by atoms with Gasteiger partial charge < -0.3 is 23.7 Å². The van der Waals surface area contributed by atoms with E-state index in [1.165, 1.54) is 31.7 Å². The number of aromatic nitrogens is 2. The highest BCUT2D eigenvalue weighted by Gasteiger charge is 2.50. The number of carbonyl (C=O) groups excluding carboxylic acids is 2. The summed E-state index contributed by atoms with van der Waals surface area (Å²) in [4.78, 5) is 49.1. The SMILES string of the molecule is CO[C@H]([C@H]1OC(C)(C)O[C@@H]1n1cc(I)c(=O)[nH]c1=O)[C@@H](COC(C)=O)OC(C)=O. The van der Waals surface area contributed by atoms with E-state index in [1.807, 2.05) is 0 Å². The summed E-state index contributed by atoms with van der Waals surface area (Å²) >= 11 is 1.79. The Hall–Kier alpha value is -1.77. The standard InChI is InChI=1S/C17H23IN2O9/c1-8(21)26-7-11(27-9(2)22)12(25-5)13-15(29-17(3,4)28-13)20-6-10(18)14(23)19-16(20)24/h6,11-13,15H,7H2,1-5H3,(H,19,23,24)/t11-,12+,13-,15+/m1/s1. The first-order valence-corrected chi connectivity index (χ1v) is 9.73. The number of rotatable bonds is 7. The predicted octanol–water partition coefficient (Wildman–Crippen LogP) is 0.301. The summed E-state index contributed by atoms with van der Waals surface area (Å²) in [6.45, 7) is 5.42. The monoisotopic (exact) mass is 526 g/mol. The number of aromatic amines is 1. The van der Waals surface area contributed by atoms with Gasteiger partial charge in [0.15, 0.2) is 18.1 Å². The van der Waals surface area contributed by atoms with Crippen LogP contribution < -0.4 is 11.2 Å². The molecule has 1 saturated heterocycles. The Morgan fingerprint density at radius 3 is 2.48 bits per heavy atom. The Morgan fingerprint density at radius 1 is 1.28 bits per heavy atom. The van der Waals surface area contributed by atoms with Crippen molar-refractivity contribution in [2.45, 2.75) is 58.0 Å². The minimum Gasteiger partial charge on any atom is -0.462 e. The first-order chi connectivity index (χ1) is 13.4. The van der Waals surface area contributed by atoms with Gasteiger partial charge in [0.05, 0.1) is 3.57 Å². The van der Waals surface area contributed by atoms with Gasteiger partial charge >= 0.3 is 17.6 Å². The van der Waals surface area contributed by atoms with E-state index in [2.05, 4.69) is 4.98 Å². The minimum atomic E-state index is -1.12. The molecule has 2 rings (SSSR count). The third-order valence-electron chi connectivity index (χ3n) is 4.03. The van der Waals surface area contributed by atoms with Crippen molar-refractivity contribution in [3.05, 3.63) is 30.6 Å². The maximum atomic E-state index is 12.4. The number of hydrogen-bond acceptors (Lipinski definition) is 9. The Kier molecular flexibility index (Phi) is 7.59. The third kappa shape index (κ3) is 5.87. The normalized spacial score (nSPS) is 22.7. The molecule has 4 atom stereocenters. The zero-order chi connectivity index (χ0) is 21.9. The Labute approximate surface area is 179 Å². The molecule has 0 spiro atoms. The van der Waals surface area contributed by atoms with E-state index in [0.29, 0.717) is 0 Å². The fourth-order valence-corrected chi connectivity index (χ4v) is 3.41. The van der Waals surface area contributed by atoms with Crippen LogP contribution in [0.25, 0.3) is 0 Å². The number of hydrogen-bond donors (Lipinski definition) is 1. The van der Waals surface area contributed by atoms with E-state index in [9.17, 15) is 19.2 Å². The summed E-state index contributed by atoms with van der Waals surface area (Å²) in [5.74, 6) is -2.30. The maximum absolute atomic E-state index is 12.4. The third-order valence-corrected chi connectivity index (χ3v) is 4.80. The van der Waals surface area contributed by atoms with E-state index in [1.54, 1.807) is 36.4 Å². The van der Waals surface area contributed by atoms with Crippen LogP contribution in [-0.2, 0) is 33.3 Å². The van der Waals surface area contributed by atoms with Crippen LogP contribution in [0.5, 0.6) is 0 Å². The first-order valence-electron chi connectivity index (χ1n) is 8.65. The van der Waals surface area contributed by atoms with Gasteiger partial charge in [-0.15, -0.1) is 0 Å². The van der Waals surface area contributed by atoms with Crippen molar-refractivity contribution in [1.82, 2.24) is 9.55 Å². The highest BCUT2D eigenvalue weighted by Crippen LogP contribution is 2.37. The average Bonchev–Trinajstić information content (AvgIpc) is 2.91. The van der Waals surface area contributed by atoms with Crippen LogP contribution in [0, 0.1) is 3.57 Å². The van der Waals surface area contributed by atoms with Crippen molar-refractivity contribution < 1.29 is 33.3 Å². The van der Waals surface area contributed by atoms with Gasteiger partial charge in [0, 0.05) is 27.2 Å². The van der Waals surface area contributed by atoms with Crippen molar-refractivity contribution in [3.63, 3.8) is 0 Å². The quantitative estimate of drug-likeness (QED) is 0.393. The van der Waals surface area contributed by atoms with E-state index >= 15 is 0 Å². The molecule has 12 heteroatoms. The Bertz CT molecular complexity index is 878. The lowest BCUT2D eigenvalue weighted by atomic mass is 10.1. The molecule has 1 aromatic heterocycles. The van der Waals surface area contributed by atoms with Gasteiger partial charge in [-0.05, 0) is 36.4 Å². The van der Waals surface area contributed by atoms with E-state index in [0.717, 1.165) is 0 Å². The molecular weight excluding hydrogens is 503 g/mol. The van der Waals surface area contributed by atoms with Gasteiger partial charge in [0.1, 0.15) is 18.8 Å². The second-order valence-corrected chi connectivity index (χ2v) is 7.95. The van der Waals surface area contributed by atoms with Crippen molar-refractivity contribution in [2.24, 2.45) is 0 Å². The summed E-state index contributed by atoms with van der Waals surface area (Å²) in [7, 11) is 1.36. The number of nitrogens with zero attached hydrogens (tertiary/aromatic N) is 1. The molecule has 2 heterocycles. The molecule has 1 N–H and O–H groups in total. The van der Waals surface area contributed by atoms with Crippen LogP contribution in [0.4, 0.5) is 0 Å². The largest absolute Gasteiger partial charge is 0.462 e. The molecular formula is C17H23IN2O9. The minimum absolute atomic E-state index is 0.264. The summed E-state index contributed by atoms with van der Waals surface area (Å²) in [6, 6.07) is 0. The predicted molar refractivity (Wildman–Crippen MR) is 106 cm³/mol. The van der Waals surface area contributed by atoms with E-state index in [-0.39, 0.29) is 10.2 Å². The fraction of sp³-hybridized carbons (Fsp3) is 0.647. The lowest BCUT2D eigenvalue weighted by molar-refractivity contribution is -0.185. The Morgan fingerprint density at radius 2 is 1.93 bits per heavy atom. The van der Waals surface area contributed by atoms with Crippen LogP contribution in [0.1, 0.15) is 33.9 Å². The number of halogens is 1. The van der Waals surface area contributed by atoms with Gasteiger partial charge in [-0.3, -0.25) is 23.9 Å². The van der Waals surface area contributed by atoms with Crippen LogP contribution >= 0.6 is 22.6 Å². The van der Waals surface area contributed by atoms with Crippen molar-refractivity contribution >= 4 is 34.5 Å². The molecule has 11 nitrogen and oxygen atoms in total. The van der Waals surface area contributed by atoms with Crippen LogP contribution in [0.15, 0.2) is 15.8 Å². The molecule has 1 aromatic rings. The number of H-pyrrole nitrogens is 1. The highest BCUT2D eigenvalue weighted by molar-refractivity contribution is 14.1. The second-order valence-electron chi connectivity index (χ2n) is 6.79.